The molecule has 0 bridgehead atoms. The number of rotatable bonds is 5. The van der Waals surface area contributed by atoms with Gasteiger partial charge in [0.1, 0.15) is 6.10 Å². The summed E-state index contributed by atoms with van der Waals surface area (Å²) in [5.41, 5.74) is 2.18. The van der Waals surface area contributed by atoms with Gasteiger partial charge in [-0.1, -0.05) is 37.1 Å². The molecule has 6 unspecified atom stereocenters. The standard InChI is InChI=1S/C25H36O5/c1-14(2)11-21(26)29-20-10-9-19-24(30-22(27)12-15(3)4)23(28)18(16(5)6)13-25(19,8)17(20)7/h11-12,17-20,24H,5,9-10,13H2,1-4,6-8H3. The van der Waals surface area contributed by atoms with Gasteiger partial charge in [0.05, 0.1) is 0 Å². The Kier molecular flexibility index (Phi) is 7.49. The van der Waals surface area contributed by atoms with Gasteiger partial charge < -0.3 is 9.47 Å². The fourth-order valence-corrected chi connectivity index (χ4v) is 4.99. The van der Waals surface area contributed by atoms with E-state index in [0.717, 1.165) is 16.7 Å². The summed E-state index contributed by atoms with van der Waals surface area (Å²) in [6.07, 6.45) is 3.83. The first-order valence-electron chi connectivity index (χ1n) is 10.8. The SMILES string of the molecule is C=C(C)C1CC2(C)C(C)C(OC(=O)C=C(C)C)CCC2C(OC(=O)C=C(C)C)C1=O. The van der Waals surface area contributed by atoms with E-state index < -0.39 is 12.1 Å². The summed E-state index contributed by atoms with van der Waals surface area (Å²) in [7, 11) is 0. The summed E-state index contributed by atoms with van der Waals surface area (Å²) < 4.78 is 11.5. The van der Waals surface area contributed by atoms with Crippen LogP contribution >= 0.6 is 0 Å². The molecule has 166 valence electrons. The molecule has 30 heavy (non-hydrogen) atoms. The van der Waals surface area contributed by atoms with Crippen molar-refractivity contribution in [1.82, 2.24) is 0 Å². The van der Waals surface area contributed by atoms with Crippen LogP contribution in [0, 0.1) is 23.2 Å². The van der Waals surface area contributed by atoms with Crippen molar-refractivity contribution < 1.29 is 23.9 Å². The number of ether oxygens (including phenoxy) is 2. The molecule has 2 fully saturated rings. The van der Waals surface area contributed by atoms with Crippen LogP contribution in [0.1, 0.15) is 67.7 Å². The number of carbonyl (C=O) groups excluding carboxylic acids is 3. The lowest BCUT2D eigenvalue weighted by atomic mass is 9.51. The Morgan fingerprint density at radius 3 is 2.03 bits per heavy atom. The van der Waals surface area contributed by atoms with Crippen LogP contribution in [0.5, 0.6) is 0 Å². The average Bonchev–Trinajstić information content (AvgIpc) is 2.59. The first kappa shape index (κ1) is 24.1. The number of ketones is 1. The third-order valence-electron chi connectivity index (χ3n) is 6.76. The minimum absolute atomic E-state index is 0.0189. The third kappa shape index (κ3) is 5.11. The predicted molar refractivity (Wildman–Crippen MR) is 117 cm³/mol. The van der Waals surface area contributed by atoms with E-state index in [0.29, 0.717) is 19.3 Å². The van der Waals surface area contributed by atoms with Gasteiger partial charge in [-0.15, -0.1) is 0 Å². The van der Waals surface area contributed by atoms with Crippen molar-refractivity contribution in [2.75, 3.05) is 0 Å². The minimum atomic E-state index is -0.801. The lowest BCUT2D eigenvalue weighted by molar-refractivity contribution is -0.182. The smallest absolute Gasteiger partial charge is 0.331 e. The van der Waals surface area contributed by atoms with E-state index in [2.05, 4.69) is 20.4 Å². The molecule has 0 heterocycles. The van der Waals surface area contributed by atoms with Crippen LogP contribution in [0.15, 0.2) is 35.5 Å². The topological polar surface area (TPSA) is 69.7 Å². The highest BCUT2D eigenvalue weighted by Crippen LogP contribution is 2.56. The van der Waals surface area contributed by atoms with Gasteiger partial charge >= 0.3 is 11.9 Å². The van der Waals surface area contributed by atoms with Crippen LogP contribution in [0.3, 0.4) is 0 Å². The van der Waals surface area contributed by atoms with Crippen molar-refractivity contribution in [2.45, 2.75) is 79.9 Å². The minimum Gasteiger partial charge on any atom is -0.459 e. The lowest BCUT2D eigenvalue weighted by Gasteiger charge is -2.55. The molecule has 2 aliphatic rings. The van der Waals surface area contributed by atoms with Crippen LogP contribution in [0.4, 0.5) is 0 Å². The molecule has 5 heteroatoms. The molecule has 0 aliphatic heterocycles. The van der Waals surface area contributed by atoms with Crippen LogP contribution in [-0.2, 0) is 23.9 Å². The maximum Gasteiger partial charge on any atom is 0.331 e. The highest BCUT2D eigenvalue weighted by atomic mass is 16.6. The highest BCUT2D eigenvalue weighted by molar-refractivity contribution is 5.92. The Hall–Kier alpha value is -2.17. The summed E-state index contributed by atoms with van der Waals surface area (Å²) in [4.78, 5) is 37.8. The zero-order valence-corrected chi connectivity index (χ0v) is 19.4. The summed E-state index contributed by atoms with van der Waals surface area (Å²) in [5.74, 6) is -1.33. The van der Waals surface area contributed by atoms with Crippen LogP contribution in [0.25, 0.3) is 0 Å². The monoisotopic (exact) mass is 416 g/mol. The quantitative estimate of drug-likeness (QED) is 0.360. The number of allylic oxidation sites excluding steroid dienone is 3. The van der Waals surface area contributed by atoms with Crippen molar-refractivity contribution in [1.29, 1.82) is 0 Å². The first-order valence-corrected chi connectivity index (χ1v) is 10.8. The van der Waals surface area contributed by atoms with Gasteiger partial charge in [-0.05, 0) is 65.2 Å². The zero-order chi connectivity index (χ0) is 22.8. The average molecular weight is 417 g/mol. The van der Waals surface area contributed by atoms with Gasteiger partial charge in [-0.3, -0.25) is 4.79 Å². The van der Waals surface area contributed by atoms with E-state index >= 15 is 0 Å². The molecular weight excluding hydrogens is 380 g/mol. The second-order valence-electron chi connectivity index (χ2n) is 9.76. The molecule has 0 amide bonds. The van der Waals surface area contributed by atoms with Gasteiger partial charge in [-0.25, -0.2) is 9.59 Å². The largest absolute Gasteiger partial charge is 0.459 e. The van der Waals surface area contributed by atoms with E-state index in [-0.39, 0.29) is 41.0 Å². The van der Waals surface area contributed by atoms with Crippen molar-refractivity contribution in [2.24, 2.45) is 23.2 Å². The van der Waals surface area contributed by atoms with E-state index in [1.54, 1.807) is 0 Å². The molecule has 2 aliphatic carbocycles. The maximum absolute atomic E-state index is 13.2. The fourth-order valence-electron chi connectivity index (χ4n) is 4.99. The first-order chi connectivity index (χ1) is 13.9. The number of hydrogen-bond donors (Lipinski definition) is 0. The predicted octanol–water partition coefficient (Wildman–Crippen LogP) is 4.96. The molecule has 0 aromatic rings. The Bertz CT molecular complexity index is 781. The van der Waals surface area contributed by atoms with Crippen LogP contribution in [-0.4, -0.2) is 29.9 Å². The van der Waals surface area contributed by atoms with Crippen molar-refractivity contribution in [3.05, 3.63) is 35.5 Å². The Balaban J connectivity index is 2.34. The Labute approximate surface area is 180 Å². The van der Waals surface area contributed by atoms with Crippen molar-refractivity contribution in [3.8, 4) is 0 Å². The van der Waals surface area contributed by atoms with E-state index in [1.807, 2.05) is 34.6 Å². The van der Waals surface area contributed by atoms with Gasteiger partial charge in [0.2, 0.25) is 0 Å². The van der Waals surface area contributed by atoms with E-state index in [1.165, 1.54) is 12.2 Å². The normalized spacial score (nSPS) is 33.0. The highest BCUT2D eigenvalue weighted by Gasteiger charge is 2.58. The summed E-state index contributed by atoms with van der Waals surface area (Å²) in [5, 5.41) is 0. The number of esters is 2. The summed E-state index contributed by atoms with van der Waals surface area (Å²) >= 11 is 0. The van der Waals surface area contributed by atoms with Gasteiger partial charge in [-0.2, -0.15) is 0 Å². The zero-order valence-electron chi connectivity index (χ0n) is 19.4. The Morgan fingerprint density at radius 2 is 1.53 bits per heavy atom. The molecule has 0 aromatic heterocycles. The molecule has 0 aromatic carbocycles. The lowest BCUT2D eigenvalue weighted by Crippen LogP contribution is -2.58. The number of Topliss-reactive ketones (excluding diaryl/α,β-unsaturated/α-hetero) is 1. The molecule has 6 atom stereocenters. The maximum atomic E-state index is 13.2. The van der Waals surface area contributed by atoms with Crippen LogP contribution < -0.4 is 0 Å². The summed E-state index contributed by atoms with van der Waals surface area (Å²) in [6, 6.07) is 0. The van der Waals surface area contributed by atoms with Crippen molar-refractivity contribution >= 4 is 17.7 Å². The molecule has 0 spiro atoms. The van der Waals surface area contributed by atoms with Gasteiger partial charge in [0.25, 0.3) is 0 Å². The molecule has 0 N–H and O–H groups in total. The summed E-state index contributed by atoms with van der Waals surface area (Å²) in [6.45, 7) is 17.4. The molecule has 2 rings (SSSR count). The molecule has 5 nitrogen and oxygen atoms in total. The second kappa shape index (κ2) is 9.32. The molecule has 0 radical (unpaired) electrons. The second-order valence-corrected chi connectivity index (χ2v) is 9.76. The van der Waals surface area contributed by atoms with E-state index in [9.17, 15) is 14.4 Å². The molecular formula is C25H36O5. The number of carbonyl (C=O) groups is 3. The van der Waals surface area contributed by atoms with Crippen LogP contribution in [0.2, 0.25) is 0 Å². The van der Waals surface area contributed by atoms with Gasteiger partial charge in [0, 0.05) is 24.0 Å². The molecule has 0 saturated heterocycles. The van der Waals surface area contributed by atoms with Crippen molar-refractivity contribution in [3.63, 3.8) is 0 Å². The van der Waals surface area contributed by atoms with Gasteiger partial charge in [0.15, 0.2) is 11.9 Å². The Morgan fingerprint density at radius 1 is 1.00 bits per heavy atom. The number of fused-ring (bicyclic) bond motifs is 1. The number of hydrogen-bond acceptors (Lipinski definition) is 5. The fraction of sp³-hybridized carbons (Fsp3) is 0.640. The molecule has 2 saturated carbocycles. The third-order valence-corrected chi connectivity index (χ3v) is 6.76. The van der Waals surface area contributed by atoms with E-state index in [4.69, 9.17) is 9.47 Å².